The Morgan fingerprint density at radius 3 is 2.27 bits per heavy atom. The smallest absolute Gasteiger partial charge is 0.412 e. The first-order chi connectivity index (χ1) is 17.5. The van der Waals surface area contributed by atoms with Crippen LogP contribution in [0.5, 0.6) is 0 Å². The van der Waals surface area contributed by atoms with E-state index in [1.165, 1.54) is 12.4 Å². The molecule has 9 nitrogen and oxygen atoms in total. The van der Waals surface area contributed by atoms with Crippen LogP contribution < -0.4 is 5.73 Å². The Hall–Kier alpha value is -3.72. The zero-order chi connectivity index (χ0) is 27.6. The van der Waals surface area contributed by atoms with E-state index in [1.54, 1.807) is 30.0 Å². The summed E-state index contributed by atoms with van der Waals surface area (Å²) < 4.78 is 11.7. The standard InChI is InChI=1S/C22H31NO5.C6H6N2O/c1-6-17(20(24)25)13-19-18(12-15(2)3)23(22(4,5)28-19)21(26)27-14-16-10-8-7-9-11-16;7-6(9)5-1-3-8-4-2-5/h7-11,13,15,18-19H,6,12,14H2,1-5H3,(H,24,25);1-4H,(H2,7,9)/b17-13+;/t18-,19-;/m0./s1. The summed E-state index contributed by atoms with van der Waals surface area (Å²) in [4.78, 5) is 40.1. The summed E-state index contributed by atoms with van der Waals surface area (Å²) in [5.74, 6) is -1.08. The van der Waals surface area contributed by atoms with Gasteiger partial charge in [-0.2, -0.15) is 0 Å². The highest BCUT2D eigenvalue weighted by atomic mass is 16.6. The number of carbonyl (C=O) groups is 3. The first-order valence-electron chi connectivity index (χ1n) is 12.3. The van der Waals surface area contributed by atoms with Crippen LogP contribution in [0.1, 0.15) is 63.4 Å². The molecule has 0 saturated carbocycles. The van der Waals surface area contributed by atoms with Crippen molar-refractivity contribution in [3.63, 3.8) is 0 Å². The van der Waals surface area contributed by atoms with Crippen molar-refractivity contribution in [2.75, 3.05) is 0 Å². The number of carbonyl (C=O) groups excluding carboxylic acids is 2. The monoisotopic (exact) mass is 511 g/mol. The molecule has 1 aromatic heterocycles. The van der Waals surface area contributed by atoms with E-state index in [9.17, 15) is 19.5 Å². The van der Waals surface area contributed by atoms with Gasteiger partial charge in [0.05, 0.1) is 12.1 Å². The number of hydrogen-bond donors (Lipinski definition) is 2. The van der Waals surface area contributed by atoms with Crippen LogP contribution in [0.25, 0.3) is 0 Å². The first-order valence-corrected chi connectivity index (χ1v) is 12.3. The molecule has 37 heavy (non-hydrogen) atoms. The molecule has 3 rings (SSSR count). The average Bonchev–Trinajstić information content (AvgIpc) is 3.10. The van der Waals surface area contributed by atoms with Crippen molar-refractivity contribution >= 4 is 18.0 Å². The lowest BCUT2D eigenvalue weighted by Crippen LogP contribution is -2.48. The van der Waals surface area contributed by atoms with Crippen molar-refractivity contribution in [2.24, 2.45) is 11.7 Å². The number of carboxylic acids is 1. The molecule has 1 saturated heterocycles. The van der Waals surface area contributed by atoms with Crippen LogP contribution in [0, 0.1) is 5.92 Å². The molecule has 1 aliphatic heterocycles. The second kappa shape index (κ2) is 13.5. The molecule has 2 aromatic rings. The predicted molar refractivity (Wildman–Crippen MR) is 139 cm³/mol. The third-order valence-electron chi connectivity index (χ3n) is 5.82. The molecule has 0 bridgehead atoms. The summed E-state index contributed by atoms with van der Waals surface area (Å²) >= 11 is 0. The maximum Gasteiger partial charge on any atom is 0.412 e. The Balaban J connectivity index is 0.000000449. The van der Waals surface area contributed by atoms with Crippen LogP contribution in [0.3, 0.4) is 0 Å². The minimum absolute atomic E-state index is 0.177. The van der Waals surface area contributed by atoms with Gasteiger partial charge in [-0.25, -0.2) is 9.59 Å². The molecule has 1 aliphatic rings. The number of primary amides is 1. The van der Waals surface area contributed by atoms with Crippen LogP contribution in [-0.2, 0) is 20.9 Å². The molecule has 200 valence electrons. The second-order valence-electron chi connectivity index (χ2n) is 9.59. The van der Waals surface area contributed by atoms with Crippen LogP contribution >= 0.6 is 0 Å². The van der Waals surface area contributed by atoms with Gasteiger partial charge in [0.1, 0.15) is 12.3 Å². The van der Waals surface area contributed by atoms with E-state index in [0.717, 1.165) is 5.56 Å². The Kier molecular flexibility index (Phi) is 10.8. The van der Waals surface area contributed by atoms with Gasteiger partial charge in [0.2, 0.25) is 5.91 Å². The summed E-state index contributed by atoms with van der Waals surface area (Å²) in [6.45, 7) is 9.73. The minimum atomic E-state index is -0.961. The van der Waals surface area contributed by atoms with Crippen molar-refractivity contribution in [3.8, 4) is 0 Å². The number of amides is 2. The molecular weight excluding hydrogens is 474 g/mol. The van der Waals surface area contributed by atoms with E-state index in [0.29, 0.717) is 24.3 Å². The van der Waals surface area contributed by atoms with Gasteiger partial charge in [-0.05, 0) is 56.4 Å². The molecule has 1 aromatic carbocycles. The summed E-state index contributed by atoms with van der Waals surface area (Å²) in [7, 11) is 0. The lowest BCUT2D eigenvalue weighted by molar-refractivity contribution is -0.133. The zero-order valence-electron chi connectivity index (χ0n) is 22.1. The van der Waals surface area contributed by atoms with E-state index in [4.69, 9.17) is 15.2 Å². The molecule has 2 heterocycles. The Morgan fingerprint density at radius 1 is 1.16 bits per heavy atom. The molecule has 3 N–H and O–H groups in total. The molecule has 0 radical (unpaired) electrons. The van der Waals surface area contributed by atoms with Crippen LogP contribution in [0.2, 0.25) is 0 Å². The third kappa shape index (κ3) is 8.71. The highest BCUT2D eigenvalue weighted by Crippen LogP contribution is 2.37. The molecule has 2 atom stereocenters. The van der Waals surface area contributed by atoms with Crippen molar-refractivity contribution in [1.82, 2.24) is 9.88 Å². The first kappa shape index (κ1) is 29.5. The van der Waals surface area contributed by atoms with Gasteiger partial charge < -0.3 is 20.3 Å². The average molecular weight is 512 g/mol. The number of nitrogens with zero attached hydrogens (tertiary/aromatic N) is 2. The quantitative estimate of drug-likeness (QED) is 0.488. The van der Waals surface area contributed by atoms with Gasteiger partial charge in [0, 0.05) is 23.5 Å². The Bertz CT molecular complexity index is 1070. The maximum absolute atomic E-state index is 12.9. The highest BCUT2D eigenvalue weighted by Gasteiger charge is 2.50. The Labute approximate surface area is 218 Å². The molecule has 0 unspecified atom stereocenters. The third-order valence-corrected chi connectivity index (χ3v) is 5.82. The number of pyridine rings is 1. The number of aliphatic carboxylic acids is 1. The van der Waals surface area contributed by atoms with Crippen molar-refractivity contribution < 1.29 is 29.0 Å². The number of aromatic nitrogens is 1. The van der Waals surface area contributed by atoms with Gasteiger partial charge in [-0.15, -0.1) is 0 Å². The highest BCUT2D eigenvalue weighted by molar-refractivity contribution is 5.92. The van der Waals surface area contributed by atoms with Gasteiger partial charge in [0.25, 0.3) is 0 Å². The summed E-state index contributed by atoms with van der Waals surface area (Å²) in [6, 6.07) is 12.3. The van der Waals surface area contributed by atoms with Gasteiger partial charge in [0.15, 0.2) is 0 Å². The largest absolute Gasteiger partial charge is 0.478 e. The van der Waals surface area contributed by atoms with E-state index < -0.39 is 29.8 Å². The Morgan fingerprint density at radius 2 is 1.78 bits per heavy atom. The lowest BCUT2D eigenvalue weighted by Gasteiger charge is -2.33. The molecule has 0 aliphatic carbocycles. The molecule has 0 spiro atoms. The van der Waals surface area contributed by atoms with E-state index in [-0.39, 0.29) is 18.2 Å². The van der Waals surface area contributed by atoms with Crippen molar-refractivity contribution in [1.29, 1.82) is 0 Å². The van der Waals surface area contributed by atoms with Gasteiger partial charge in [-0.1, -0.05) is 51.1 Å². The summed E-state index contributed by atoms with van der Waals surface area (Å²) in [5.41, 5.74) is 5.73. The van der Waals surface area contributed by atoms with Crippen LogP contribution in [-0.4, -0.2) is 50.8 Å². The fourth-order valence-corrected chi connectivity index (χ4v) is 4.08. The van der Waals surface area contributed by atoms with Gasteiger partial charge >= 0.3 is 12.1 Å². The van der Waals surface area contributed by atoms with Crippen molar-refractivity contribution in [2.45, 2.75) is 71.9 Å². The number of ether oxygens (including phenoxy) is 2. The van der Waals surface area contributed by atoms with E-state index >= 15 is 0 Å². The number of hydrogen-bond acceptors (Lipinski definition) is 6. The normalized spacial score (nSPS) is 18.6. The number of nitrogens with two attached hydrogens (primary N) is 1. The SMILES string of the molecule is CC/C(=C\[C@@H]1OC(C)(C)N(C(=O)OCc2ccccc2)[C@H]1CC(C)C)C(=O)O.NC(=O)c1ccncc1. The van der Waals surface area contributed by atoms with Crippen LogP contribution in [0.15, 0.2) is 66.5 Å². The zero-order valence-corrected chi connectivity index (χ0v) is 22.1. The molecule has 2 amide bonds. The number of benzene rings is 1. The fraction of sp³-hybridized carbons (Fsp3) is 0.429. The summed E-state index contributed by atoms with van der Waals surface area (Å²) in [6.07, 6.45) is 4.82. The maximum atomic E-state index is 12.9. The van der Waals surface area contributed by atoms with Crippen LogP contribution in [0.4, 0.5) is 4.79 Å². The second-order valence-corrected chi connectivity index (χ2v) is 9.59. The van der Waals surface area contributed by atoms with Gasteiger partial charge in [-0.3, -0.25) is 14.7 Å². The lowest BCUT2D eigenvalue weighted by atomic mass is 9.96. The molecular formula is C28H37N3O6. The molecule has 9 heteroatoms. The summed E-state index contributed by atoms with van der Waals surface area (Å²) in [5, 5.41) is 9.39. The number of rotatable bonds is 8. The fourth-order valence-electron chi connectivity index (χ4n) is 4.08. The van der Waals surface area contributed by atoms with Crippen molar-refractivity contribution in [3.05, 3.63) is 77.6 Å². The number of carboxylic acid groups (broad SMARTS) is 1. The predicted octanol–water partition coefficient (Wildman–Crippen LogP) is 4.78. The minimum Gasteiger partial charge on any atom is -0.478 e. The van der Waals surface area contributed by atoms with E-state index in [1.807, 2.05) is 44.2 Å². The molecule has 1 fully saturated rings. The topological polar surface area (TPSA) is 132 Å². The van der Waals surface area contributed by atoms with E-state index in [2.05, 4.69) is 18.8 Å².